The van der Waals surface area contributed by atoms with Gasteiger partial charge < -0.3 is 19.1 Å². The minimum Gasteiger partial charge on any atom is -0.379 e. The molecule has 24 heavy (non-hydrogen) atoms. The second-order valence-electron chi connectivity index (χ2n) is 6.38. The molecule has 2 aliphatic heterocycles. The second kappa shape index (κ2) is 6.20. The molecule has 0 N–H and O–H groups in total. The van der Waals surface area contributed by atoms with Gasteiger partial charge in [-0.2, -0.15) is 0 Å². The normalized spacial score (nSPS) is 24.3. The molecule has 8 nitrogen and oxygen atoms in total. The summed E-state index contributed by atoms with van der Waals surface area (Å²) in [7, 11) is 0. The minimum atomic E-state index is -0.133. The SMILES string of the molecule is O=C(c1ccno1)N1CCOCC2(CCN(c3ncccn3)C2)C1. The van der Waals surface area contributed by atoms with Gasteiger partial charge in [-0.25, -0.2) is 9.97 Å². The summed E-state index contributed by atoms with van der Waals surface area (Å²) in [5.41, 5.74) is -0.106. The summed E-state index contributed by atoms with van der Waals surface area (Å²) in [6, 6.07) is 3.40. The predicted octanol–water partition coefficient (Wildman–Crippen LogP) is 0.834. The molecule has 0 aromatic carbocycles. The summed E-state index contributed by atoms with van der Waals surface area (Å²) in [5.74, 6) is 0.867. The fourth-order valence-corrected chi connectivity index (χ4v) is 3.46. The molecule has 4 heterocycles. The summed E-state index contributed by atoms with van der Waals surface area (Å²) in [6.07, 6.45) is 5.92. The Bertz CT molecular complexity index is 693. The lowest BCUT2D eigenvalue weighted by molar-refractivity contribution is 0.0654. The lowest BCUT2D eigenvalue weighted by atomic mass is 9.87. The van der Waals surface area contributed by atoms with Gasteiger partial charge >= 0.3 is 0 Å². The van der Waals surface area contributed by atoms with Crippen molar-refractivity contribution in [3.63, 3.8) is 0 Å². The highest BCUT2D eigenvalue weighted by atomic mass is 16.5. The van der Waals surface area contributed by atoms with E-state index in [9.17, 15) is 4.79 Å². The van der Waals surface area contributed by atoms with Crippen LogP contribution in [0.1, 0.15) is 17.0 Å². The van der Waals surface area contributed by atoms with Crippen LogP contribution in [0.4, 0.5) is 5.95 Å². The van der Waals surface area contributed by atoms with Gasteiger partial charge in [0.15, 0.2) is 0 Å². The molecule has 0 saturated carbocycles. The number of amides is 1. The van der Waals surface area contributed by atoms with E-state index < -0.39 is 0 Å². The zero-order chi connectivity index (χ0) is 16.4. The summed E-state index contributed by atoms with van der Waals surface area (Å²) in [6.45, 7) is 3.99. The first-order valence-electron chi connectivity index (χ1n) is 8.05. The molecule has 1 amide bonds. The molecule has 2 saturated heterocycles. The van der Waals surface area contributed by atoms with Crippen LogP contribution >= 0.6 is 0 Å². The number of nitrogens with zero attached hydrogens (tertiary/aromatic N) is 5. The van der Waals surface area contributed by atoms with E-state index in [1.54, 1.807) is 18.5 Å². The highest BCUT2D eigenvalue weighted by Gasteiger charge is 2.43. The van der Waals surface area contributed by atoms with Crippen molar-refractivity contribution in [1.29, 1.82) is 0 Å². The number of hydrogen-bond acceptors (Lipinski definition) is 7. The topological polar surface area (TPSA) is 84.6 Å². The van der Waals surface area contributed by atoms with E-state index in [1.807, 2.05) is 11.0 Å². The van der Waals surface area contributed by atoms with Gasteiger partial charge in [0, 0.05) is 50.1 Å². The largest absolute Gasteiger partial charge is 0.379 e. The van der Waals surface area contributed by atoms with Gasteiger partial charge in [-0.15, -0.1) is 0 Å². The quantitative estimate of drug-likeness (QED) is 0.807. The second-order valence-corrected chi connectivity index (χ2v) is 6.38. The fourth-order valence-electron chi connectivity index (χ4n) is 3.46. The molecule has 2 fully saturated rings. The van der Waals surface area contributed by atoms with Gasteiger partial charge in [0.25, 0.3) is 5.91 Å². The van der Waals surface area contributed by atoms with E-state index in [0.29, 0.717) is 26.3 Å². The van der Waals surface area contributed by atoms with Crippen LogP contribution < -0.4 is 4.90 Å². The molecule has 2 aliphatic rings. The van der Waals surface area contributed by atoms with Crippen LogP contribution in [0.3, 0.4) is 0 Å². The number of carbonyl (C=O) groups excluding carboxylic acids is 1. The molecule has 4 rings (SSSR count). The first kappa shape index (κ1) is 15.1. The Kier molecular flexibility index (Phi) is 3.89. The molecule has 0 radical (unpaired) electrons. The molecule has 2 aromatic rings. The Balaban J connectivity index is 1.51. The highest BCUT2D eigenvalue weighted by Crippen LogP contribution is 2.35. The lowest BCUT2D eigenvalue weighted by Crippen LogP contribution is -2.43. The number of aromatic nitrogens is 3. The van der Waals surface area contributed by atoms with E-state index >= 15 is 0 Å². The number of hydrogen-bond donors (Lipinski definition) is 0. The van der Waals surface area contributed by atoms with Crippen molar-refractivity contribution >= 4 is 11.9 Å². The van der Waals surface area contributed by atoms with E-state index in [4.69, 9.17) is 9.26 Å². The maximum atomic E-state index is 12.6. The van der Waals surface area contributed by atoms with Gasteiger partial charge in [0.2, 0.25) is 11.7 Å². The van der Waals surface area contributed by atoms with Crippen molar-refractivity contribution in [3.8, 4) is 0 Å². The molecule has 0 aliphatic carbocycles. The third-order valence-electron chi connectivity index (χ3n) is 4.65. The Morgan fingerprint density at radius 2 is 2.04 bits per heavy atom. The van der Waals surface area contributed by atoms with Gasteiger partial charge in [0.05, 0.1) is 19.4 Å². The zero-order valence-electron chi connectivity index (χ0n) is 13.3. The summed E-state index contributed by atoms with van der Waals surface area (Å²) in [4.78, 5) is 25.2. The van der Waals surface area contributed by atoms with Crippen molar-refractivity contribution in [2.45, 2.75) is 6.42 Å². The van der Waals surface area contributed by atoms with Crippen molar-refractivity contribution in [2.75, 3.05) is 44.3 Å². The monoisotopic (exact) mass is 329 g/mol. The molecule has 2 aromatic heterocycles. The average molecular weight is 329 g/mol. The Hall–Kier alpha value is -2.48. The minimum absolute atomic E-state index is 0.106. The molecule has 1 atom stereocenters. The van der Waals surface area contributed by atoms with Crippen LogP contribution in [-0.4, -0.2) is 65.3 Å². The summed E-state index contributed by atoms with van der Waals surface area (Å²) in [5, 5.41) is 3.62. The van der Waals surface area contributed by atoms with Gasteiger partial charge in [-0.3, -0.25) is 4.79 Å². The van der Waals surface area contributed by atoms with Crippen molar-refractivity contribution in [1.82, 2.24) is 20.0 Å². The highest BCUT2D eigenvalue weighted by molar-refractivity contribution is 5.91. The summed E-state index contributed by atoms with van der Waals surface area (Å²) < 4.78 is 10.8. The zero-order valence-corrected chi connectivity index (χ0v) is 13.3. The molecule has 126 valence electrons. The molecule has 1 unspecified atom stereocenters. The van der Waals surface area contributed by atoms with E-state index in [1.165, 1.54) is 6.20 Å². The fraction of sp³-hybridized carbons (Fsp3) is 0.500. The first-order valence-corrected chi connectivity index (χ1v) is 8.05. The van der Waals surface area contributed by atoms with E-state index in [-0.39, 0.29) is 17.1 Å². The van der Waals surface area contributed by atoms with Crippen LogP contribution in [0.2, 0.25) is 0 Å². The predicted molar refractivity (Wildman–Crippen MR) is 84.5 cm³/mol. The van der Waals surface area contributed by atoms with Crippen LogP contribution in [-0.2, 0) is 4.74 Å². The first-order chi connectivity index (χ1) is 11.8. The van der Waals surface area contributed by atoms with Crippen molar-refractivity contribution in [2.24, 2.45) is 5.41 Å². The standard InChI is InChI=1S/C16H19N5O3/c22-14(13-2-6-19-24-13)20-8-9-23-12-16(10-20)3-7-21(11-16)15-17-4-1-5-18-15/h1-2,4-6H,3,7-12H2. The molecular formula is C16H19N5O3. The van der Waals surface area contributed by atoms with Crippen LogP contribution in [0.15, 0.2) is 35.2 Å². The van der Waals surface area contributed by atoms with Gasteiger partial charge in [-0.05, 0) is 12.5 Å². The van der Waals surface area contributed by atoms with Gasteiger partial charge in [0.1, 0.15) is 0 Å². The third kappa shape index (κ3) is 2.84. The molecule has 8 heteroatoms. The average Bonchev–Trinajstić information content (AvgIpc) is 3.24. The summed E-state index contributed by atoms with van der Waals surface area (Å²) >= 11 is 0. The van der Waals surface area contributed by atoms with Crippen LogP contribution in [0.25, 0.3) is 0 Å². The molecule has 1 spiro atoms. The Morgan fingerprint density at radius 1 is 1.17 bits per heavy atom. The maximum Gasteiger partial charge on any atom is 0.292 e. The number of ether oxygens (including phenoxy) is 1. The van der Waals surface area contributed by atoms with E-state index in [0.717, 1.165) is 25.5 Å². The molecular weight excluding hydrogens is 310 g/mol. The smallest absolute Gasteiger partial charge is 0.292 e. The number of anilines is 1. The molecule has 0 bridgehead atoms. The maximum absolute atomic E-state index is 12.6. The van der Waals surface area contributed by atoms with Crippen LogP contribution in [0.5, 0.6) is 0 Å². The van der Waals surface area contributed by atoms with E-state index in [2.05, 4.69) is 20.0 Å². The van der Waals surface area contributed by atoms with Gasteiger partial charge in [-0.1, -0.05) is 5.16 Å². The van der Waals surface area contributed by atoms with Crippen LogP contribution in [0, 0.1) is 5.41 Å². The Morgan fingerprint density at radius 3 is 2.83 bits per heavy atom. The Labute approximate surface area is 139 Å². The number of carbonyl (C=O) groups is 1. The number of rotatable bonds is 2. The lowest BCUT2D eigenvalue weighted by Gasteiger charge is -2.31. The third-order valence-corrected chi connectivity index (χ3v) is 4.65. The van der Waals surface area contributed by atoms with Crippen molar-refractivity contribution < 1.29 is 14.1 Å². The van der Waals surface area contributed by atoms with Crippen molar-refractivity contribution in [3.05, 3.63) is 36.5 Å².